The van der Waals surface area contributed by atoms with E-state index >= 15 is 0 Å². The third-order valence-corrected chi connectivity index (χ3v) is 4.59. The van der Waals surface area contributed by atoms with Crippen molar-refractivity contribution in [2.45, 2.75) is 6.61 Å². The van der Waals surface area contributed by atoms with Gasteiger partial charge in [-0.3, -0.25) is 0 Å². The van der Waals surface area contributed by atoms with Gasteiger partial charge < -0.3 is 10.5 Å². The standard InChI is InChI=1S/C12H9Br2NO2S/c13-8-4-9(18-6-8)5-17-12(16)7-1-2-10(14)11(15)3-7/h1-4,6H,5,15H2. The van der Waals surface area contributed by atoms with Crippen LogP contribution >= 0.6 is 43.2 Å². The maximum absolute atomic E-state index is 11.8. The normalized spacial score (nSPS) is 10.3. The van der Waals surface area contributed by atoms with Gasteiger partial charge in [0.2, 0.25) is 0 Å². The molecule has 3 nitrogen and oxygen atoms in total. The number of ether oxygens (including phenoxy) is 1. The predicted molar refractivity (Wildman–Crippen MR) is 79.7 cm³/mol. The highest BCUT2D eigenvalue weighted by Gasteiger charge is 2.09. The number of halogens is 2. The van der Waals surface area contributed by atoms with Gasteiger partial charge in [-0.05, 0) is 56.1 Å². The van der Waals surface area contributed by atoms with Crippen LogP contribution in [0.4, 0.5) is 5.69 Å². The molecule has 2 rings (SSSR count). The summed E-state index contributed by atoms with van der Waals surface area (Å²) in [6.07, 6.45) is 0. The lowest BCUT2D eigenvalue weighted by atomic mass is 10.2. The molecule has 94 valence electrons. The van der Waals surface area contributed by atoms with Gasteiger partial charge >= 0.3 is 5.97 Å². The molecule has 0 aliphatic heterocycles. The fraction of sp³-hybridized carbons (Fsp3) is 0.0833. The van der Waals surface area contributed by atoms with Crippen molar-refractivity contribution < 1.29 is 9.53 Å². The van der Waals surface area contributed by atoms with E-state index in [0.29, 0.717) is 11.3 Å². The summed E-state index contributed by atoms with van der Waals surface area (Å²) in [6.45, 7) is 0.269. The van der Waals surface area contributed by atoms with Crippen LogP contribution < -0.4 is 5.73 Å². The van der Waals surface area contributed by atoms with Gasteiger partial charge in [-0.2, -0.15) is 0 Å². The molecule has 1 heterocycles. The maximum atomic E-state index is 11.8. The zero-order valence-electron chi connectivity index (χ0n) is 9.15. The third kappa shape index (κ3) is 3.34. The number of rotatable bonds is 3. The van der Waals surface area contributed by atoms with Gasteiger partial charge in [0.1, 0.15) is 6.61 Å². The average Bonchev–Trinajstić information content (AvgIpc) is 2.75. The first-order chi connectivity index (χ1) is 8.56. The number of hydrogen-bond donors (Lipinski definition) is 1. The first kappa shape index (κ1) is 13.6. The molecule has 0 spiro atoms. The summed E-state index contributed by atoms with van der Waals surface area (Å²) in [5.41, 5.74) is 6.68. The molecule has 18 heavy (non-hydrogen) atoms. The van der Waals surface area contributed by atoms with Crippen molar-refractivity contribution in [1.29, 1.82) is 0 Å². The van der Waals surface area contributed by atoms with Crippen molar-refractivity contribution >= 4 is 54.9 Å². The van der Waals surface area contributed by atoms with Crippen LogP contribution in [0.1, 0.15) is 15.2 Å². The molecule has 1 aromatic heterocycles. The molecule has 2 N–H and O–H groups in total. The molecule has 0 aliphatic carbocycles. The number of carbonyl (C=O) groups excluding carboxylic acids is 1. The fourth-order valence-corrected chi connectivity index (χ4v) is 2.93. The van der Waals surface area contributed by atoms with Crippen molar-refractivity contribution in [1.82, 2.24) is 0 Å². The van der Waals surface area contributed by atoms with Crippen LogP contribution in [0, 0.1) is 0 Å². The van der Waals surface area contributed by atoms with Crippen molar-refractivity contribution in [3.8, 4) is 0 Å². The van der Waals surface area contributed by atoms with E-state index in [-0.39, 0.29) is 12.6 Å². The molecule has 1 aromatic carbocycles. The highest BCUT2D eigenvalue weighted by Crippen LogP contribution is 2.22. The van der Waals surface area contributed by atoms with E-state index in [2.05, 4.69) is 31.9 Å². The smallest absolute Gasteiger partial charge is 0.338 e. The molecule has 6 heteroatoms. The molecule has 0 amide bonds. The van der Waals surface area contributed by atoms with E-state index in [0.717, 1.165) is 13.8 Å². The van der Waals surface area contributed by atoms with Gasteiger partial charge in [0.25, 0.3) is 0 Å². The van der Waals surface area contributed by atoms with Gasteiger partial charge in [-0.1, -0.05) is 0 Å². The van der Waals surface area contributed by atoms with Gasteiger partial charge in [0, 0.05) is 24.9 Å². The molecule has 0 fully saturated rings. The lowest BCUT2D eigenvalue weighted by Crippen LogP contribution is -2.05. The Morgan fingerprint density at radius 2 is 2.11 bits per heavy atom. The molecule has 0 aliphatic rings. The number of anilines is 1. The van der Waals surface area contributed by atoms with Crippen molar-refractivity contribution in [2.75, 3.05) is 5.73 Å². The van der Waals surface area contributed by atoms with Gasteiger partial charge in [0.05, 0.1) is 5.56 Å². The zero-order chi connectivity index (χ0) is 13.1. The number of benzene rings is 1. The Labute approximate surface area is 125 Å². The topological polar surface area (TPSA) is 52.3 Å². The van der Waals surface area contributed by atoms with Crippen LogP contribution in [-0.2, 0) is 11.3 Å². The number of nitrogen functional groups attached to an aromatic ring is 1. The van der Waals surface area contributed by atoms with Crippen molar-refractivity contribution in [2.24, 2.45) is 0 Å². The number of hydrogen-bond acceptors (Lipinski definition) is 4. The fourth-order valence-electron chi connectivity index (χ4n) is 1.32. The first-order valence-electron chi connectivity index (χ1n) is 5.01. The molecule has 0 bridgehead atoms. The Morgan fingerprint density at radius 1 is 1.33 bits per heavy atom. The van der Waals surface area contributed by atoms with Gasteiger partial charge in [-0.15, -0.1) is 11.3 Å². The quantitative estimate of drug-likeness (QED) is 0.630. The van der Waals surface area contributed by atoms with Crippen molar-refractivity contribution in [3.63, 3.8) is 0 Å². The SMILES string of the molecule is Nc1cc(C(=O)OCc2cc(Br)cs2)ccc1Br. The average molecular weight is 391 g/mol. The summed E-state index contributed by atoms with van der Waals surface area (Å²) in [7, 11) is 0. The lowest BCUT2D eigenvalue weighted by Gasteiger charge is -2.05. The van der Waals surface area contributed by atoms with Gasteiger partial charge in [-0.25, -0.2) is 4.79 Å². The molecule has 0 atom stereocenters. The molecule has 0 saturated carbocycles. The molecular weight excluding hydrogens is 382 g/mol. The van der Waals surface area contributed by atoms with Crippen LogP contribution in [0.2, 0.25) is 0 Å². The third-order valence-electron chi connectivity index (χ3n) is 2.20. The zero-order valence-corrected chi connectivity index (χ0v) is 13.1. The van der Waals surface area contributed by atoms with E-state index in [4.69, 9.17) is 10.5 Å². The summed E-state index contributed by atoms with van der Waals surface area (Å²) in [6, 6.07) is 6.92. The van der Waals surface area contributed by atoms with Crippen LogP contribution in [0.3, 0.4) is 0 Å². The number of nitrogens with two attached hydrogens (primary N) is 1. The molecule has 0 saturated heterocycles. The highest BCUT2D eigenvalue weighted by molar-refractivity contribution is 9.10. The Balaban J connectivity index is 2.01. The Hall–Kier alpha value is -0.850. The number of thiophene rings is 1. The van der Waals surface area contributed by atoms with E-state index in [9.17, 15) is 4.79 Å². The minimum Gasteiger partial charge on any atom is -0.456 e. The van der Waals surface area contributed by atoms with Crippen molar-refractivity contribution in [3.05, 3.63) is 49.0 Å². The first-order valence-corrected chi connectivity index (χ1v) is 7.48. The Morgan fingerprint density at radius 3 is 2.72 bits per heavy atom. The Kier molecular flexibility index (Phi) is 4.42. The maximum Gasteiger partial charge on any atom is 0.338 e. The second-order valence-electron chi connectivity index (χ2n) is 3.54. The number of esters is 1. The summed E-state index contributed by atoms with van der Waals surface area (Å²) in [5, 5.41) is 1.95. The highest BCUT2D eigenvalue weighted by atomic mass is 79.9. The molecular formula is C12H9Br2NO2S. The van der Waals surface area contributed by atoms with E-state index in [1.54, 1.807) is 18.2 Å². The lowest BCUT2D eigenvalue weighted by molar-refractivity contribution is 0.0477. The molecule has 0 unspecified atom stereocenters. The second-order valence-corrected chi connectivity index (χ2v) is 6.31. The summed E-state index contributed by atoms with van der Waals surface area (Å²) >= 11 is 8.16. The largest absolute Gasteiger partial charge is 0.456 e. The van der Waals surface area contributed by atoms with Crippen LogP contribution in [0.25, 0.3) is 0 Å². The van der Waals surface area contributed by atoms with Crippen LogP contribution in [0.5, 0.6) is 0 Å². The molecule has 0 radical (unpaired) electrons. The van der Waals surface area contributed by atoms with Crippen LogP contribution in [0.15, 0.2) is 38.6 Å². The summed E-state index contributed by atoms with van der Waals surface area (Å²) < 4.78 is 6.96. The van der Waals surface area contributed by atoms with E-state index in [1.165, 1.54) is 11.3 Å². The van der Waals surface area contributed by atoms with E-state index in [1.807, 2.05) is 11.4 Å². The monoisotopic (exact) mass is 389 g/mol. The minimum atomic E-state index is -0.376. The molecule has 2 aromatic rings. The summed E-state index contributed by atoms with van der Waals surface area (Å²) in [4.78, 5) is 12.8. The predicted octanol–water partition coefficient (Wildman–Crippen LogP) is 4.21. The summed E-state index contributed by atoms with van der Waals surface area (Å²) in [5.74, 6) is -0.376. The second kappa shape index (κ2) is 5.86. The van der Waals surface area contributed by atoms with E-state index < -0.39 is 0 Å². The Bertz CT molecular complexity index is 583. The van der Waals surface area contributed by atoms with Crippen LogP contribution in [-0.4, -0.2) is 5.97 Å². The minimum absolute atomic E-state index is 0.269. The van der Waals surface area contributed by atoms with Gasteiger partial charge in [0.15, 0.2) is 0 Å². The number of carbonyl (C=O) groups is 1.